The van der Waals surface area contributed by atoms with Crippen LogP contribution >= 0.6 is 0 Å². The normalized spacial score (nSPS) is 10.2. The van der Waals surface area contributed by atoms with E-state index in [9.17, 15) is 18.8 Å². The molecule has 32 heavy (non-hydrogen) atoms. The van der Waals surface area contributed by atoms with Crippen LogP contribution in [0.3, 0.4) is 0 Å². The van der Waals surface area contributed by atoms with Crippen molar-refractivity contribution in [3.05, 3.63) is 95.3 Å². The van der Waals surface area contributed by atoms with Gasteiger partial charge in [0.25, 0.3) is 11.8 Å². The smallest absolute Gasteiger partial charge is 0.434 e. The van der Waals surface area contributed by atoms with Crippen LogP contribution in [0.4, 0.5) is 14.9 Å². The molecular weight excluding hydrogens is 415 g/mol. The maximum absolute atomic E-state index is 13.8. The first-order valence-corrected chi connectivity index (χ1v) is 9.84. The van der Waals surface area contributed by atoms with E-state index in [1.165, 1.54) is 42.5 Å². The predicted molar refractivity (Wildman–Crippen MR) is 116 cm³/mol. The molecule has 0 saturated carbocycles. The van der Waals surface area contributed by atoms with E-state index < -0.39 is 17.9 Å². The van der Waals surface area contributed by atoms with Crippen LogP contribution in [0.15, 0.2) is 72.8 Å². The van der Waals surface area contributed by atoms with E-state index in [4.69, 9.17) is 9.47 Å². The number of anilines is 1. The fourth-order valence-corrected chi connectivity index (χ4v) is 2.81. The lowest BCUT2D eigenvalue weighted by atomic mass is 10.1. The third-order valence-corrected chi connectivity index (χ3v) is 4.34. The minimum absolute atomic E-state index is 0.0541. The van der Waals surface area contributed by atoms with Crippen molar-refractivity contribution in [2.24, 2.45) is 0 Å². The van der Waals surface area contributed by atoms with Crippen molar-refractivity contribution >= 4 is 23.7 Å². The van der Waals surface area contributed by atoms with Gasteiger partial charge in [-0.3, -0.25) is 9.59 Å². The molecule has 0 aliphatic heterocycles. The Bertz CT molecular complexity index is 1120. The minimum atomic E-state index is -0.813. The van der Waals surface area contributed by atoms with Crippen molar-refractivity contribution in [2.45, 2.75) is 13.5 Å². The van der Waals surface area contributed by atoms with Crippen LogP contribution in [0.25, 0.3) is 0 Å². The van der Waals surface area contributed by atoms with Crippen LogP contribution in [-0.4, -0.2) is 24.6 Å². The summed E-state index contributed by atoms with van der Waals surface area (Å²) in [5, 5.41) is 5.42. The van der Waals surface area contributed by atoms with E-state index in [2.05, 4.69) is 10.6 Å². The zero-order chi connectivity index (χ0) is 22.9. The summed E-state index contributed by atoms with van der Waals surface area (Å²) in [6, 6.07) is 18.6. The molecule has 0 fully saturated rings. The zero-order valence-corrected chi connectivity index (χ0v) is 17.3. The Hall–Kier alpha value is -4.20. The monoisotopic (exact) mass is 436 g/mol. The number of carbonyl (C=O) groups is 3. The van der Waals surface area contributed by atoms with E-state index in [1.807, 2.05) is 0 Å². The molecule has 0 aliphatic carbocycles. The molecular formula is C24H21FN2O5. The molecule has 0 aliphatic rings. The Morgan fingerprint density at radius 1 is 0.906 bits per heavy atom. The second-order valence-electron chi connectivity index (χ2n) is 6.63. The highest BCUT2D eigenvalue weighted by Gasteiger charge is 2.12. The summed E-state index contributed by atoms with van der Waals surface area (Å²) >= 11 is 0. The highest BCUT2D eigenvalue weighted by molar-refractivity contribution is 6.04. The van der Waals surface area contributed by atoms with E-state index in [1.54, 1.807) is 37.3 Å². The van der Waals surface area contributed by atoms with E-state index >= 15 is 0 Å². The lowest BCUT2D eigenvalue weighted by Crippen LogP contribution is -2.23. The largest absolute Gasteiger partial charge is 0.513 e. The molecule has 3 aromatic rings. The second kappa shape index (κ2) is 10.7. The third kappa shape index (κ3) is 6.15. The average molecular weight is 436 g/mol. The first-order chi connectivity index (χ1) is 15.5. The molecule has 0 atom stereocenters. The topological polar surface area (TPSA) is 93.7 Å². The van der Waals surface area contributed by atoms with Crippen molar-refractivity contribution in [2.75, 3.05) is 11.9 Å². The lowest BCUT2D eigenvalue weighted by Gasteiger charge is -2.10. The molecule has 2 amide bonds. The van der Waals surface area contributed by atoms with Gasteiger partial charge in [-0.15, -0.1) is 0 Å². The van der Waals surface area contributed by atoms with E-state index in [-0.39, 0.29) is 30.4 Å². The first-order valence-electron chi connectivity index (χ1n) is 9.84. The van der Waals surface area contributed by atoms with Crippen molar-refractivity contribution in [1.82, 2.24) is 5.32 Å². The first kappa shape index (κ1) is 22.5. The van der Waals surface area contributed by atoms with Gasteiger partial charge in [0, 0.05) is 17.8 Å². The fourth-order valence-electron chi connectivity index (χ4n) is 2.81. The molecule has 0 bridgehead atoms. The Labute approximate surface area is 184 Å². The number of benzene rings is 3. The summed E-state index contributed by atoms with van der Waals surface area (Å²) in [6.45, 7) is 2.08. The standard InChI is InChI=1S/C24H21FN2O5/c1-2-31-24(30)32-19-12-10-17(11-13-19)22(28)26-15-16-6-5-7-18(14-16)27-23(29)20-8-3-4-9-21(20)25/h3-14H,2,15H2,1H3,(H,26,28)(H,27,29). The Balaban J connectivity index is 1.56. The lowest BCUT2D eigenvalue weighted by molar-refractivity contribution is 0.0949. The number of rotatable bonds is 7. The number of carbonyl (C=O) groups excluding carboxylic acids is 3. The molecule has 7 nitrogen and oxygen atoms in total. The minimum Gasteiger partial charge on any atom is -0.434 e. The van der Waals surface area contributed by atoms with Gasteiger partial charge in [0.2, 0.25) is 0 Å². The van der Waals surface area contributed by atoms with Crippen LogP contribution in [-0.2, 0) is 11.3 Å². The van der Waals surface area contributed by atoms with Gasteiger partial charge in [0.05, 0.1) is 12.2 Å². The Morgan fingerprint density at radius 3 is 2.38 bits per heavy atom. The summed E-state index contributed by atoms with van der Waals surface area (Å²) < 4.78 is 23.4. The summed E-state index contributed by atoms with van der Waals surface area (Å²) in [7, 11) is 0. The second-order valence-corrected chi connectivity index (χ2v) is 6.63. The SMILES string of the molecule is CCOC(=O)Oc1ccc(C(=O)NCc2cccc(NC(=O)c3ccccc3F)c2)cc1. The van der Waals surface area contributed by atoms with Gasteiger partial charge in [0.1, 0.15) is 11.6 Å². The molecule has 3 aromatic carbocycles. The number of nitrogens with one attached hydrogen (secondary N) is 2. The van der Waals surface area contributed by atoms with Crippen molar-refractivity contribution in [3.63, 3.8) is 0 Å². The highest BCUT2D eigenvalue weighted by atomic mass is 19.1. The summed E-state index contributed by atoms with van der Waals surface area (Å²) in [6.07, 6.45) is -0.813. The highest BCUT2D eigenvalue weighted by Crippen LogP contribution is 2.15. The molecule has 2 N–H and O–H groups in total. The van der Waals surface area contributed by atoms with Crippen molar-refractivity contribution in [3.8, 4) is 5.75 Å². The van der Waals surface area contributed by atoms with Crippen molar-refractivity contribution in [1.29, 1.82) is 0 Å². The van der Waals surface area contributed by atoms with Crippen LogP contribution in [0.5, 0.6) is 5.75 Å². The molecule has 3 rings (SSSR count). The number of halogens is 1. The molecule has 0 saturated heterocycles. The summed E-state index contributed by atoms with van der Waals surface area (Å²) in [5.74, 6) is -1.23. The number of amides is 2. The van der Waals surface area contributed by atoms with Crippen LogP contribution in [0.2, 0.25) is 0 Å². The number of ether oxygens (including phenoxy) is 2. The van der Waals surface area contributed by atoms with E-state index in [0.29, 0.717) is 11.3 Å². The van der Waals surface area contributed by atoms with Gasteiger partial charge in [0.15, 0.2) is 0 Å². The molecule has 8 heteroatoms. The van der Waals surface area contributed by atoms with Gasteiger partial charge in [-0.1, -0.05) is 24.3 Å². The summed E-state index contributed by atoms with van der Waals surface area (Å²) in [4.78, 5) is 36.0. The molecule has 0 heterocycles. The predicted octanol–water partition coefficient (Wildman–Crippen LogP) is 4.54. The van der Waals surface area contributed by atoms with Crippen molar-refractivity contribution < 1.29 is 28.2 Å². The summed E-state index contributed by atoms with van der Waals surface area (Å²) in [5.41, 5.74) is 1.55. The number of hydrogen-bond donors (Lipinski definition) is 2. The quantitative estimate of drug-likeness (QED) is 0.419. The van der Waals surface area contributed by atoms with Crippen LogP contribution in [0.1, 0.15) is 33.2 Å². The molecule has 0 unspecified atom stereocenters. The average Bonchev–Trinajstić information content (AvgIpc) is 2.78. The van der Waals surface area contributed by atoms with Gasteiger partial charge in [-0.05, 0) is 61.0 Å². The van der Waals surface area contributed by atoms with Gasteiger partial charge in [-0.25, -0.2) is 9.18 Å². The Morgan fingerprint density at radius 2 is 1.66 bits per heavy atom. The van der Waals surface area contributed by atoms with E-state index in [0.717, 1.165) is 5.56 Å². The van der Waals surface area contributed by atoms with Crippen LogP contribution in [0, 0.1) is 5.82 Å². The molecule has 0 aromatic heterocycles. The maximum atomic E-state index is 13.8. The third-order valence-electron chi connectivity index (χ3n) is 4.34. The zero-order valence-electron chi connectivity index (χ0n) is 17.3. The molecule has 0 radical (unpaired) electrons. The van der Waals surface area contributed by atoms with Gasteiger partial charge in [-0.2, -0.15) is 0 Å². The maximum Gasteiger partial charge on any atom is 0.513 e. The Kier molecular flexibility index (Phi) is 7.53. The fraction of sp³-hybridized carbons (Fsp3) is 0.125. The molecule has 0 spiro atoms. The van der Waals surface area contributed by atoms with Crippen LogP contribution < -0.4 is 15.4 Å². The number of hydrogen-bond acceptors (Lipinski definition) is 5. The van der Waals surface area contributed by atoms with Gasteiger partial charge >= 0.3 is 6.16 Å². The van der Waals surface area contributed by atoms with Gasteiger partial charge < -0.3 is 20.1 Å². The molecule has 164 valence electrons.